The van der Waals surface area contributed by atoms with Crippen molar-refractivity contribution < 1.29 is 31.5 Å². The highest BCUT2D eigenvalue weighted by molar-refractivity contribution is 8.00. The Labute approximate surface area is 137 Å². The quantitative estimate of drug-likeness (QED) is 0.646. The molecular weight excluding hydrogens is 355 g/mol. The Hall–Kier alpha value is -1.84. The molecule has 0 aromatic heterocycles. The smallest absolute Gasteiger partial charge is 0.350 e. The number of benzene rings is 1. The summed E-state index contributed by atoms with van der Waals surface area (Å²) in [5.41, 5.74) is -9.75. The summed E-state index contributed by atoms with van der Waals surface area (Å²) >= 11 is -0.332. The van der Waals surface area contributed by atoms with Crippen LogP contribution in [0, 0.1) is 0 Å². The summed E-state index contributed by atoms with van der Waals surface area (Å²) in [6, 6.07) is 4.51. The van der Waals surface area contributed by atoms with E-state index in [1.807, 2.05) is 0 Å². The van der Waals surface area contributed by atoms with Gasteiger partial charge in [-0.3, -0.25) is 9.59 Å². The van der Waals surface area contributed by atoms with Gasteiger partial charge in [-0.2, -0.15) is 13.2 Å². The van der Waals surface area contributed by atoms with Crippen LogP contribution in [0.25, 0.3) is 0 Å². The molecule has 0 aliphatic carbocycles. The maximum absolute atomic E-state index is 14.5. The molecule has 1 aromatic rings. The van der Waals surface area contributed by atoms with E-state index in [2.05, 4.69) is 5.32 Å². The van der Waals surface area contributed by atoms with E-state index in [0.717, 1.165) is 29.2 Å². The molecule has 2 saturated heterocycles. The fourth-order valence-electron chi connectivity index (χ4n) is 2.85. The number of halogens is 5. The van der Waals surface area contributed by atoms with E-state index in [1.54, 1.807) is 0 Å². The number of alkyl halides is 5. The summed E-state index contributed by atoms with van der Waals surface area (Å²) in [5.74, 6) is -1.84. The third kappa shape index (κ3) is 2.72. The molecule has 24 heavy (non-hydrogen) atoms. The van der Waals surface area contributed by atoms with E-state index in [-0.39, 0.29) is 22.2 Å². The second-order valence-corrected chi connectivity index (χ2v) is 6.82. The second-order valence-electron chi connectivity index (χ2n) is 5.68. The Morgan fingerprint density at radius 2 is 1.79 bits per heavy atom. The van der Waals surface area contributed by atoms with Gasteiger partial charge in [0.05, 0.1) is 19.6 Å². The number of carbonyl (C=O) groups is 2. The molecule has 0 bridgehead atoms. The summed E-state index contributed by atoms with van der Waals surface area (Å²) in [7, 11) is 0. The number of hydrogen-bond donors (Lipinski definition) is 1. The van der Waals surface area contributed by atoms with Crippen LogP contribution in [-0.2, 0) is 4.79 Å². The highest BCUT2D eigenvalue weighted by Gasteiger charge is 2.69. The van der Waals surface area contributed by atoms with Crippen molar-refractivity contribution in [1.29, 1.82) is 0 Å². The lowest BCUT2D eigenvalue weighted by Crippen LogP contribution is -2.47. The molecule has 3 rings (SSSR count). The van der Waals surface area contributed by atoms with Crippen molar-refractivity contribution in [2.75, 3.05) is 19.6 Å². The number of hydrogen-bond acceptors (Lipinski definition) is 3. The highest BCUT2D eigenvalue weighted by atomic mass is 32.2. The van der Waals surface area contributed by atoms with Crippen molar-refractivity contribution in [3.8, 4) is 0 Å². The molecule has 2 fully saturated rings. The van der Waals surface area contributed by atoms with Crippen LogP contribution in [0.5, 0.6) is 0 Å². The Balaban J connectivity index is 1.75. The van der Waals surface area contributed by atoms with Gasteiger partial charge in [0.25, 0.3) is 11.8 Å². The van der Waals surface area contributed by atoms with Gasteiger partial charge in [-0.1, -0.05) is 0 Å². The number of nitrogens with one attached hydrogen (secondary N) is 1. The Morgan fingerprint density at radius 3 is 2.33 bits per heavy atom. The lowest BCUT2D eigenvalue weighted by atomic mass is 9.93. The minimum Gasteiger partial charge on any atom is -0.350 e. The minimum atomic E-state index is -4.45. The molecule has 0 saturated carbocycles. The molecular formula is C14H11F5N2O2S. The lowest BCUT2D eigenvalue weighted by Gasteiger charge is -2.19. The van der Waals surface area contributed by atoms with Crippen LogP contribution in [0.1, 0.15) is 10.4 Å². The van der Waals surface area contributed by atoms with Crippen molar-refractivity contribution in [3.05, 3.63) is 29.8 Å². The van der Waals surface area contributed by atoms with Gasteiger partial charge in [-0.15, -0.1) is 0 Å². The van der Waals surface area contributed by atoms with E-state index in [4.69, 9.17) is 0 Å². The SMILES string of the molecule is O=C(c1ccc(SC(F)(F)F)cc1)N1C[C@]2(F)CNC(=O)[C@]2(F)C1. The van der Waals surface area contributed by atoms with E-state index in [0.29, 0.717) is 0 Å². The van der Waals surface area contributed by atoms with Crippen LogP contribution in [-0.4, -0.2) is 53.2 Å². The number of carbonyl (C=O) groups excluding carboxylic acids is 2. The molecule has 130 valence electrons. The average Bonchev–Trinajstić information content (AvgIpc) is 2.87. The van der Waals surface area contributed by atoms with Crippen molar-refractivity contribution in [2.24, 2.45) is 0 Å². The van der Waals surface area contributed by atoms with Gasteiger partial charge in [-0.25, -0.2) is 8.78 Å². The molecule has 4 nitrogen and oxygen atoms in total. The van der Waals surface area contributed by atoms with Crippen LogP contribution in [0.4, 0.5) is 22.0 Å². The van der Waals surface area contributed by atoms with E-state index < -0.39 is 48.3 Å². The molecule has 2 aliphatic heterocycles. The molecule has 1 N–H and O–H groups in total. The maximum Gasteiger partial charge on any atom is 0.446 e. The Morgan fingerprint density at radius 1 is 1.17 bits per heavy atom. The minimum absolute atomic E-state index is 0.00546. The molecule has 2 aliphatic rings. The largest absolute Gasteiger partial charge is 0.446 e. The van der Waals surface area contributed by atoms with Crippen molar-refractivity contribution >= 4 is 23.6 Å². The number of rotatable bonds is 2. The molecule has 0 spiro atoms. The van der Waals surface area contributed by atoms with Gasteiger partial charge in [0.15, 0.2) is 5.67 Å². The zero-order valence-electron chi connectivity index (χ0n) is 12.0. The predicted molar refractivity (Wildman–Crippen MR) is 74.9 cm³/mol. The molecule has 2 atom stereocenters. The molecule has 2 amide bonds. The van der Waals surface area contributed by atoms with Crippen molar-refractivity contribution in [3.63, 3.8) is 0 Å². The Bertz CT molecular complexity index is 695. The number of fused-ring (bicyclic) bond motifs is 1. The van der Waals surface area contributed by atoms with Crippen molar-refractivity contribution in [2.45, 2.75) is 21.7 Å². The fraction of sp³-hybridized carbons (Fsp3) is 0.429. The van der Waals surface area contributed by atoms with Gasteiger partial charge in [0.2, 0.25) is 5.67 Å². The summed E-state index contributed by atoms with van der Waals surface area (Å²) in [6.45, 7) is -1.85. The first-order chi connectivity index (χ1) is 11.0. The summed E-state index contributed by atoms with van der Waals surface area (Å²) in [5, 5.41) is 2.09. The van der Waals surface area contributed by atoms with Crippen LogP contribution in [0.2, 0.25) is 0 Å². The lowest BCUT2D eigenvalue weighted by molar-refractivity contribution is -0.132. The summed E-state index contributed by atoms with van der Waals surface area (Å²) in [4.78, 5) is 24.5. The van der Waals surface area contributed by atoms with Gasteiger partial charge < -0.3 is 10.2 Å². The predicted octanol–water partition coefficient (Wildman–Crippen LogP) is 2.30. The van der Waals surface area contributed by atoms with E-state index in [9.17, 15) is 31.5 Å². The van der Waals surface area contributed by atoms with Crippen LogP contribution in [0.3, 0.4) is 0 Å². The topological polar surface area (TPSA) is 49.4 Å². The normalized spacial score (nSPS) is 29.5. The fourth-order valence-corrected chi connectivity index (χ4v) is 3.38. The summed E-state index contributed by atoms with van der Waals surface area (Å²) < 4.78 is 65.9. The first-order valence-corrected chi connectivity index (χ1v) is 7.67. The monoisotopic (exact) mass is 366 g/mol. The number of amides is 2. The molecule has 10 heteroatoms. The standard InChI is InChI=1S/C14H11F5N2O2S/c15-12-5-20-11(23)13(12,16)7-21(6-12)10(22)8-1-3-9(4-2-8)24-14(17,18)19/h1-4H,5-7H2,(H,20,23)/t12-,13-/m1/s1. The number of likely N-dealkylation sites (tertiary alicyclic amines) is 1. The average molecular weight is 366 g/mol. The van der Waals surface area contributed by atoms with E-state index >= 15 is 0 Å². The zero-order valence-corrected chi connectivity index (χ0v) is 12.8. The summed E-state index contributed by atoms with van der Waals surface area (Å²) in [6.07, 6.45) is 0. The van der Waals surface area contributed by atoms with Gasteiger partial charge in [0, 0.05) is 10.5 Å². The third-order valence-electron chi connectivity index (χ3n) is 4.07. The van der Waals surface area contributed by atoms with Crippen LogP contribution >= 0.6 is 11.8 Å². The third-order valence-corrected chi connectivity index (χ3v) is 4.81. The van der Waals surface area contributed by atoms with Gasteiger partial charge >= 0.3 is 5.51 Å². The maximum atomic E-state index is 14.5. The van der Waals surface area contributed by atoms with Crippen LogP contribution in [0.15, 0.2) is 29.2 Å². The molecule has 0 unspecified atom stereocenters. The van der Waals surface area contributed by atoms with Gasteiger partial charge in [-0.05, 0) is 36.0 Å². The second kappa shape index (κ2) is 5.33. The van der Waals surface area contributed by atoms with E-state index in [1.165, 1.54) is 0 Å². The van der Waals surface area contributed by atoms with Crippen LogP contribution < -0.4 is 5.32 Å². The first kappa shape index (κ1) is 17.0. The zero-order chi connectivity index (χ0) is 17.8. The molecule has 0 radical (unpaired) electrons. The molecule has 1 aromatic carbocycles. The Kier molecular flexibility index (Phi) is 3.78. The van der Waals surface area contributed by atoms with Gasteiger partial charge in [0.1, 0.15) is 0 Å². The highest BCUT2D eigenvalue weighted by Crippen LogP contribution is 2.42. The number of nitrogens with zero attached hydrogens (tertiary/aromatic N) is 1. The first-order valence-electron chi connectivity index (χ1n) is 6.85. The number of thioether (sulfide) groups is 1. The molecule has 2 heterocycles. The van der Waals surface area contributed by atoms with Crippen molar-refractivity contribution in [1.82, 2.24) is 10.2 Å².